The topological polar surface area (TPSA) is 48.3 Å². The van der Waals surface area contributed by atoms with Crippen LogP contribution in [0.1, 0.15) is 22.9 Å². The lowest BCUT2D eigenvalue weighted by atomic mass is 9.92. The Morgan fingerprint density at radius 3 is 2.65 bits per heavy atom. The van der Waals surface area contributed by atoms with Crippen molar-refractivity contribution in [3.63, 3.8) is 0 Å². The monoisotopic (exact) mass is 273 g/mol. The zero-order valence-corrected chi connectivity index (χ0v) is 12.0. The summed E-state index contributed by atoms with van der Waals surface area (Å²) >= 11 is 0. The van der Waals surface area contributed by atoms with Gasteiger partial charge in [-0.2, -0.15) is 5.10 Å². The van der Waals surface area contributed by atoms with Crippen molar-refractivity contribution < 1.29 is 9.47 Å². The molecule has 0 fully saturated rings. The van der Waals surface area contributed by atoms with Crippen molar-refractivity contribution in [1.82, 2.24) is 15.1 Å². The summed E-state index contributed by atoms with van der Waals surface area (Å²) < 4.78 is 12.6. The van der Waals surface area contributed by atoms with Gasteiger partial charge in [-0.25, -0.2) is 0 Å². The molecule has 1 aromatic carbocycles. The smallest absolute Gasteiger partial charge is 0.161 e. The molecule has 1 aliphatic rings. The summed E-state index contributed by atoms with van der Waals surface area (Å²) in [4.78, 5) is 0. The molecule has 0 saturated carbocycles. The number of ether oxygens (including phenoxy) is 2. The van der Waals surface area contributed by atoms with E-state index in [1.807, 2.05) is 24.0 Å². The van der Waals surface area contributed by atoms with Crippen molar-refractivity contribution in [2.45, 2.75) is 12.5 Å². The van der Waals surface area contributed by atoms with Gasteiger partial charge >= 0.3 is 0 Å². The second-order valence-electron chi connectivity index (χ2n) is 4.96. The lowest BCUT2D eigenvalue weighted by Crippen LogP contribution is -2.31. The second-order valence-corrected chi connectivity index (χ2v) is 4.96. The molecule has 2 aromatic rings. The van der Waals surface area contributed by atoms with Crippen molar-refractivity contribution >= 4 is 0 Å². The third kappa shape index (κ3) is 2.14. The second kappa shape index (κ2) is 5.17. The number of nitrogens with zero attached hydrogens (tertiary/aromatic N) is 2. The van der Waals surface area contributed by atoms with E-state index in [1.54, 1.807) is 14.2 Å². The molecule has 5 nitrogen and oxygen atoms in total. The number of nitrogens with one attached hydrogen (secondary N) is 1. The van der Waals surface area contributed by atoms with Crippen LogP contribution < -0.4 is 14.8 Å². The Kier molecular flexibility index (Phi) is 3.36. The molecule has 0 saturated heterocycles. The van der Waals surface area contributed by atoms with Gasteiger partial charge in [0, 0.05) is 19.8 Å². The molecule has 0 amide bonds. The minimum atomic E-state index is 0.111. The molecular weight excluding hydrogens is 254 g/mol. The number of benzene rings is 1. The predicted molar refractivity (Wildman–Crippen MR) is 76.3 cm³/mol. The molecule has 106 valence electrons. The predicted octanol–water partition coefficient (Wildman–Crippen LogP) is 1.67. The molecular formula is C15H19N3O2. The molecule has 20 heavy (non-hydrogen) atoms. The fraction of sp³-hybridized carbons (Fsp3) is 0.400. The Morgan fingerprint density at radius 2 is 2.00 bits per heavy atom. The molecule has 5 heteroatoms. The fourth-order valence-electron chi connectivity index (χ4n) is 2.73. The minimum absolute atomic E-state index is 0.111. The van der Waals surface area contributed by atoms with E-state index >= 15 is 0 Å². The highest BCUT2D eigenvalue weighted by Crippen LogP contribution is 2.36. The summed E-state index contributed by atoms with van der Waals surface area (Å²) in [6.45, 7) is 0.934. The lowest BCUT2D eigenvalue weighted by molar-refractivity contribution is 0.352. The number of hydrogen-bond acceptors (Lipinski definition) is 4. The van der Waals surface area contributed by atoms with Crippen LogP contribution in [0.25, 0.3) is 0 Å². The average molecular weight is 273 g/mol. The third-order valence-corrected chi connectivity index (χ3v) is 3.73. The Hall–Kier alpha value is -2.01. The van der Waals surface area contributed by atoms with E-state index in [0.717, 1.165) is 30.2 Å². The Morgan fingerprint density at radius 1 is 1.25 bits per heavy atom. The van der Waals surface area contributed by atoms with Gasteiger partial charge in [0.05, 0.1) is 26.0 Å². The van der Waals surface area contributed by atoms with E-state index in [2.05, 4.69) is 22.5 Å². The van der Waals surface area contributed by atoms with Gasteiger partial charge in [0.2, 0.25) is 0 Å². The maximum Gasteiger partial charge on any atom is 0.161 e. The number of fused-ring (bicyclic) bond motifs is 1. The molecule has 1 aromatic heterocycles. The number of methoxy groups -OCH3 is 2. The van der Waals surface area contributed by atoms with Crippen LogP contribution in [0.15, 0.2) is 24.4 Å². The highest BCUT2D eigenvalue weighted by Gasteiger charge is 2.25. The van der Waals surface area contributed by atoms with Gasteiger partial charge in [0.15, 0.2) is 11.5 Å². The Labute approximate surface area is 118 Å². The van der Waals surface area contributed by atoms with Crippen LogP contribution in [0.5, 0.6) is 11.5 Å². The van der Waals surface area contributed by atoms with Gasteiger partial charge in [-0.1, -0.05) is 0 Å². The molecule has 0 aliphatic carbocycles. The van der Waals surface area contributed by atoms with Gasteiger partial charge < -0.3 is 14.8 Å². The first-order valence-corrected chi connectivity index (χ1v) is 6.70. The first-order valence-electron chi connectivity index (χ1n) is 6.70. The summed E-state index contributed by atoms with van der Waals surface area (Å²) in [5, 5.41) is 8.03. The fourth-order valence-corrected chi connectivity index (χ4v) is 2.73. The van der Waals surface area contributed by atoms with E-state index in [9.17, 15) is 0 Å². The molecule has 3 rings (SSSR count). The first-order chi connectivity index (χ1) is 9.72. The zero-order valence-electron chi connectivity index (χ0n) is 12.0. The van der Waals surface area contributed by atoms with E-state index in [0.29, 0.717) is 0 Å². The quantitative estimate of drug-likeness (QED) is 0.924. The van der Waals surface area contributed by atoms with Gasteiger partial charge in [-0.3, -0.25) is 4.68 Å². The van der Waals surface area contributed by atoms with Crippen LogP contribution in [-0.2, 0) is 13.5 Å². The highest BCUT2D eigenvalue weighted by atomic mass is 16.5. The minimum Gasteiger partial charge on any atom is -0.493 e. The van der Waals surface area contributed by atoms with Crippen LogP contribution in [-0.4, -0.2) is 30.5 Å². The average Bonchev–Trinajstić information content (AvgIpc) is 2.91. The normalized spacial score (nSPS) is 17.6. The summed E-state index contributed by atoms with van der Waals surface area (Å²) in [5.41, 5.74) is 3.53. The Balaban J connectivity index is 2.07. The van der Waals surface area contributed by atoms with Gasteiger partial charge in [-0.05, 0) is 35.7 Å². The number of aryl methyl sites for hydroxylation is 1. The summed E-state index contributed by atoms with van der Waals surface area (Å²) in [6.07, 6.45) is 2.95. The summed E-state index contributed by atoms with van der Waals surface area (Å²) in [6, 6.07) is 6.29. The largest absolute Gasteiger partial charge is 0.493 e. The molecule has 1 aliphatic heterocycles. The molecule has 1 unspecified atom stereocenters. The first kappa shape index (κ1) is 13.0. The van der Waals surface area contributed by atoms with E-state index in [4.69, 9.17) is 9.47 Å². The van der Waals surface area contributed by atoms with Crippen LogP contribution >= 0.6 is 0 Å². The van der Waals surface area contributed by atoms with Crippen LogP contribution in [0.3, 0.4) is 0 Å². The molecule has 0 radical (unpaired) electrons. The van der Waals surface area contributed by atoms with Crippen LogP contribution in [0.4, 0.5) is 0 Å². The van der Waals surface area contributed by atoms with Gasteiger partial charge in [0.1, 0.15) is 0 Å². The highest BCUT2D eigenvalue weighted by molar-refractivity contribution is 5.50. The van der Waals surface area contributed by atoms with Gasteiger partial charge in [0.25, 0.3) is 0 Å². The van der Waals surface area contributed by atoms with Crippen molar-refractivity contribution in [2.24, 2.45) is 7.05 Å². The van der Waals surface area contributed by atoms with Crippen LogP contribution in [0, 0.1) is 0 Å². The van der Waals surface area contributed by atoms with Crippen molar-refractivity contribution in [1.29, 1.82) is 0 Å². The zero-order chi connectivity index (χ0) is 14.1. The van der Waals surface area contributed by atoms with Crippen molar-refractivity contribution in [3.8, 4) is 11.5 Å². The van der Waals surface area contributed by atoms with E-state index in [1.165, 1.54) is 11.1 Å². The van der Waals surface area contributed by atoms with Crippen molar-refractivity contribution in [3.05, 3.63) is 41.2 Å². The molecule has 2 heterocycles. The molecule has 1 atom stereocenters. The lowest BCUT2D eigenvalue weighted by Gasteiger charge is -2.27. The SMILES string of the molecule is COc1cc2c(cc1OC)C(c1ccn(C)n1)NCC2. The standard InChI is InChI=1S/C15H19N3O2/c1-18-7-5-12(17-18)15-11-9-14(20-3)13(19-2)8-10(11)4-6-16-15/h5,7-9,15-16H,4,6H2,1-3H3. The summed E-state index contributed by atoms with van der Waals surface area (Å²) in [7, 11) is 5.26. The number of rotatable bonds is 3. The summed E-state index contributed by atoms with van der Waals surface area (Å²) in [5.74, 6) is 1.55. The maximum absolute atomic E-state index is 5.41. The van der Waals surface area contributed by atoms with E-state index < -0.39 is 0 Å². The molecule has 0 bridgehead atoms. The molecule has 0 spiro atoms. The third-order valence-electron chi connectivity index (χ3n) is 3.73. The Bertz CT molecular complexity index is 622. The van der Waals surface area contributed by atoms with Gasteiger partial charge in [-0.15, -0.1) is 0 Å². The number of hydrogen-bond donors (Lipinski definition) is 1. The number of aromatic nitrogens is 2. The maximum atomic E-state index is 5.41. The molecule has 1 N–H and O–H groups in total. The van der Waals surface area contributed by atoms with Crippen LogP contribution in [0.2, 0.25) is 0 Å². The van der Waals surface area contributed by atoms with E-state index in [-0.39, 0.29) is 6.04 Å². The van der Waals surface area contributed by atoms with Crippen molar-refractivity contribution in [2.75, 3.05) is 20.8 Å².